The van der Waals surface area contributed by atoms with Gasteiger partial charge in [0.1, 0.15) is 6.33 Å². The number of rotatable bonds is 1. The van der Waals surface area contributed by atoms with Gasteiger partial charge < -0.3 is 4.57 Å². The highest BCUT2D eigenvalue weighted by atomic mass is 32.1. The molecule has 0 aliphatic heterocycles. The molecular formula is C10H9N5S. The molecule has 1 N–H and O–H groups in total. The largest absolute Gasteiger partial charge is 0.334 e. The number of H-pyrrole nitrogens is 1. The third-order valence-corrected chi connectivity index (χ3v) is 2.83. The minimum atomic E-state index is 0.579. The van der Waals surface area contributed by atoms with Crippen molar-refractivity contribution in [1.82, 2.24) is 24.3 Å². The third-order valence-electron chi connectivity index (χ3n) is 2.54. The molecule has 16 heavy (non-hydrogen) atoms. The van der Waals surface area contributed by atoms with Crippen LogP contribution in [-0.4, -0.2) is 24.3 Å². The number of hydrogen-bond donors (Lipinski definition) is 1. The van der Waals surface area contributed by atoms with Gasteiger partial charge >= 0.3 is 0 Å². The van der Waals surface area contributed by atoms with Crippen LogP contribution in [0, 0.1) is 4.77 Å². The van der Waals surface area contributed by atoms with Gasteiger partial charge in [-0.25, -0.2) is 4.98 Å². The first kappa shape index (κ1) is 9.29. The Kier molecular flexibility index (Phi) is 1.90. The zero-order valence-corrected chi connectivity index (χ0v) is 9.40. The maximum Gasteiger partial charge on any atom is 0.199 e. The SMILES string of the molecule is Cn1cnc2cc(-n3cn[nH]c3=S)ccc21. The lowest BCUT2D eigenvalue weighted by molar-refractivity contribution is 0.947. The van der Waals surface area contributed by atoms with Crippen molar-refractivity contribution < 1.29 is 0 Å². The number of hydrogen-bond acceptors (Lipinski definition) is 3. The predicted octanol–water partition coefficient (Wildman–Crippen LogP) is 1.82. The zero-order valence-electron chi connectivity index (χ0n) is 8.58. The molecule has 0 radical (unpaired) electrons. The van der Waals surface area contributed by atoms with Gasteiger partial charge in [0.15, 0.2) is 4.77 Å². The van der Waals surface area contributed by atoms with E-state index in [4.69, 9.17) is 12.2 Å². The van der Waals surface area contributed by atoms with Crippen LogP contribution >= 0.6 is 12.2 Å². The maximum absolute atomic E-state index is 5.11. The molecule has 0 amide bonds. The summed E-state index contributed by atoms with van der Waals surface area (Å²) in [5.41, 5.74) is 3.01. The molecule has 0 bridgehead atoms. The Hall–Kier alpha value is -1.95. The molecule has 1 aromatic carbocycles. The molecule has 0 aliphatic carbocycles. The smallest absolute Gasteiger partial charge is 0.199 e. The van der Waals surface area contributed by atoms with Crippen LogP contribution < -0.4 is 0 Å². The molecule has 0 atom stereocenters. The van der Waals surface area contributed by atoms with Crippen LogP contribution in [0.1, 0.15) is 0 Å². The van der Waals surface area contributed by atoms with E-state index in [1.807, 2.05) is 34.4 Å². The topological polar surface area (TPSA) is 51.4 Å². The van der Waals surface area contributed by atoms with E-state index in [1.54, 1.807) is 12.7 Å². The van der Waals surface area contributed by atoms with Crippen LogP contribution in [0.5, 0.6) is 0 Å². The Morgan fingerprint density at radius 1 is 1.31 bits per heavy atom. The molecule has 0 saturated carbocycles. The average molecular weight is 231 g/mol. The first-order valence-corrected chi connectivity index (χ1v) is 5.20. The normalized spacial score (nSPS) is 11.1. The Bertz CT molecular complexity index is 705. The lowest BCUT2D eigenvalue weighted by Crippen LogP contribution is -1.92. The van der Waals surface area contributed by atoms with Crippen molar-refractivity contribution in [2.75, 3.05) is 0 Å². The molecule has 0 aliphatic rings. The number of nitrogens with zero attached hydrogens (tertiary/aromatic N) is 4. The van der Waals surface area contributed by atoms with Crippen molar-refractivity contribution >= 4 is 23.3 Å². The number of benzene rings is 1. The van der Waals surface area contributed by atoms with Crippen molar-refractivity contribution in [2.24, 2.45) is 7.05 Å². The highest BCUT2D eigenvalue weighted by Crippen LogP contribution is 2.16. The van der Waals surface area contributed by atoms with Gasteiger partial charge in [-0.15, -0.1) is 0 Å². The van der Waals surface area contributed by atoms with Gasteiger partial charge in [-0.05, 0) is 30.4 Å². The Balaban J connectivity index is 2.27. The number of nitrogens with one attached hydrogen (secondary N) is 1. The Labute approximate surface area is 96.4 Å². The van der Waals surface area contributed by atoms with E-state index in [0.29, 0.717) is 4.77 Å². The molecule has 0 unspecified atom stereocenters. The quantitative estimate of drug-likeness (QED) is 0.650. The second-order valence-corrected chi connectivity index (χ2v) is 3.95. The summed E-state index contributed by atoms with van der Waals surface area (Å²) in [6, 6.07) is 6.00. The molecular weight excluding hydrogens is 222 g/mol. The van der Waals surface area contributed by atoms with Gasteiger partial charge in [-0.3, -0.25) is 9.67 Å². The van der Waals surface area contributed by atoms with Crippen LogP contribution in [0.3, 0.4) is 0 Å². The number of aryl methyl sites for hydroxylation is 1. The minimum absolute atomic E-state index is 0.579. The first-order chi connectivity index (χ1) is 7.75. The summed E-state index contributed by atoms with van der Waals surface area (Å²) < 4.78 is 4.37. The Morgan fingerprint density at radius 2 is 2.19 bits per heavy atom. The van der Waals surface area contributed by atoms with E-state index in [9.17, 15) is 0 Å². The maximum atomic E-state index is 5.11. The summed E-state index contributed by atoms with van der Waals surface area (Å²) in [7, 11) is 1.97. The minimum Gasteiger partial charge on any atom is -0.334 e. The summed E-state index contributed by atoms with van der Waals surface area (Å²) in [4.78, 5) is 4.30. The molecule has 5 nitrogen and oxygen atoms in total. The van der Waals surface area contributed by atoms with Crippen LogP contribution in [0.25, 0.3) is 16.7 Å². The third kappa shape index (κ3) is 1.27. The van der Waals surface area contributed by atoms with Crippen LogP contribution in [-0.2, 0) is 7.05 Å². The summed E-state index contributed by atoms with van der Waals surface area (Å²) >= 11 is 5.11. The van der Waals surface area contributed by atoms with Gasteiger partial charge in [0.2, 0.25) is 0 Å². The first-order valence-electron chi connectivity index (χ1n) is 4.79. The predicted molar refractivity (Wildman–Crippen MR) is 63.0 cm³/mol. The fourth-order valence-corrected chi connectivity index (χ4v) is 1.91. The van der Waals surface area contributed by atoms with E-state index >= 15 is 0 Å². The number of imidazole rings is 1. The fraction of sp³-hybridized carbons (Fsp3) is 0.100. The van der Waals surface area contributed by atoms with Crippen molar-refractivity contribution in [1.29, 1.82) is 0 Å². The molecule has 80 valence electrons. The number of aromatic amines is 1. The van der Waals surface area contributed by atoms with Gasteiger partial charge in [0.05, 0.1) is 23.0 Å². The Morgan fingerprint density at radius 3 is 2.94 bits per heavy atom. The van der Waals surface area contributed by atoms with Crippen molar-refractivity contribution in [3.63, 3.8) is 0 Å². The molecule has 3 aromatic rings. The van der Waals surface area contributed by atoms with E-state index < -0.39 is 0 Å². The summed E-state index contributed by atoms with van der Waals surface area (Å²) in [6.07, 6.45) is 3.45. The van der Waals surface area contributed by atoms with E-state index in [2.05, 4.69) is 15.2 Å². The lowest BCUT2D eigenvalue weighted by Gasteiger charge is -2.01. The van der Waals surface area contributed by atoms with Crippen molar-refractivity contribution in [3.05, 3.63) is 35.6 Å². The number of aromatic nitrogens is 5. The summed E-state index contributed by atoms with van der Waals surface area (Å²) in [5.74, 6) is 0. The van der Waals surface area contributed by atoms with Gasteiger partial charge in [-0.1, -0.05) is 0 Å². The van der Waals surface area contributed by atoms with E-state index in [-0.39, 0.29) is 0 Å². The molecule has 3 rings (SSSR count). The molecule has 6 heteroatoms. The van der Waals surface area contributed by atoms with Crippen molar-refractivity contribution in [2.45, 2.75) is 0 Å². The highest BCUT2D eigenvalue weighted by Gasteiger charge is 2.03. The van der Waals surface area contributed by atoms with Gasteiger partial charge in [0.25, 0.3) is 0 Å². The molecule has 2 heterocycles. The standard InChI is InChI=1S/C10H9N5S/c1-14-5-11-8-4-7(2-3-9(8)14)15-6-12-13-10(15)16/h2-6H,1H3,(H,13,16). The van der Waals surface area contributed by atoms with E-state index in [0.717, 1.165) is 16.7 Å². The zero-order chi connectivity index (χ0) is 11.1. The van der Waals surface area contributed by atoms with Gasteiger partial charge in [0, 0.05) is 7.05 Å². The fourth-order valence-electron chi connectivity index (χ4n) is 1.71. The van der Waals surface area contributed by atoms with Crippen LogP contribution in [0.15, 0.2) is 30.9 Å². The summed E-state index contributed by atoms with van der Waals surface area (Å²) in [5, 5.41) is 6.61. The van der Waals surface area contributed by atoms with Crippen LogP contribution in [0.2, 0.25) is 0 Å². The van der Waals surface area contributed by atoms with Crippen LogP contribution in [0.4, 0.5) is 0 Å². The second-order valence-electron chi connectivity index (χ2n) is 3.56. The summed E-state index contributed by atoms with van der Waals surface area (Å²) in [6.45, 7) is 0. The molecule has 2 aromatic heterocycles. The molecule has 0 fully saturated rings. The molecule has 0 spiro atoms. The lowest BCUT2D eigenvalue weighted by atomic mass is 10.2. The number of fused-ring (bicyclic) bond motifs is 1. The molecule has 0 saturated heterocycles. The van der Waals surface area contributed by atoms with Crippen molar-refractivity contribution in [3.8, 4) is 5.69 Å². The second kappa shape index (κ2) is 3.28. The van der Waals surface area contributed by atoms with Gasteiger partial charge in [-0.2, -0.15) is 5.10 Å². The average Bonchev–Trinajstić information content (AvgIpc) is 2.86. The monoisotopic (exact) mass is 231 g/mol. The van der Waals surface area contributed by atoms with E-state index in [1.165, 1.54) is 0 Å². The highest BCUT2D eigenvalue weighted by molar-refractivity contribution is 7.71.